The van der Waals surface area contributed by atoms with Gasteiger partial charge < -0.3 is 25.1 Å². The highest BCUT2D eigenvalue weighted by Crippen LogP contribution is 2.70. The molecule has 2 amide bonds. The van der Waals surface area contributed by atoms with Crippen molar-refractivity contribution in [2.75, 3.05) is 20.6 Å². The van der Waals surface area contributed by atoms with Gasteiger partial charge in [-0.1, -0.05) is 55.9 Å². The van der Waals surface area contributed by atoms with E-state index in [0.29, 0.717) is 24.2 Å². The van der Waals surface area contributed by atoms with E-state index < -0.39 is 16.5 Å². The number of allylic oxidation sites excluding steroid dienone is 1. The molecule has 9 nitrogen and oxygen atoms in total. The number of Topliss-reactive ketones (excluding diaryl/α,β-unsaturated/α-hetero) is 1. The highest BCUT2D eigenvalue weighted by atomic mass is 16.5. The molecule has 4 saturated carbocycles. The van der Waals surface area contributed by atoms with E-state index in [9.17, 15) is 24.0 Å². The zero-order valence-electron chi connectivity index (χ0n) is 32.8. The molecule has 9 heteroatoms. The molecule has 4 fully saturated rings. The summed E-state index contributed by atoms with van der Waals surface area (Å²) >= 11 is 0. The number of rotatable bonds is 10. The first-order valence-electron chi connectivity index (χ1n) is 19.3. The van der Waals surface area contributed by atoms with Crippen LogP contribution in [0.25, 0.3) is 0 Å². The third-order valence-electron chi connectivity index (χ3n) is 14.2. The van der Waals surface area contributed by atoms with Gasteiger partial charge in [0, 0.05) is 11.8 Å². The van der Waals surface area contributed by atoms with Gasteiger partial charge in [0.15, 0.2) is 5.78 Å². The van der Waals surface area contributed by atoms with Crippen LogP contribution in [0.4, 0.5) is 0 Å². The zero-order valence-corrected chi connectivity index (χ0v) is 32.8. The first-order chi connectivity index (χ1) is 23.1. The summed E-state index contributed by atoms with van der Waals surface area (Å²) in [4.78, 5) is 66.7. The average Bonchev–Trinajstić information content (AvgIpc) is 3.29. The highest BCUT2D eigenvalue weighted by Gasteiger charge is 2.65. The topological polar surface area (TPSA) is 122 Å². The molecule has 51 heavy (non-hydrogen) atoms. The number of likely N-dealkylation sites (N-methyl/N-ethyl adjacent to an activating group) is 1. The predicted molar refractivity (Wildman–Crippen MR) is 200 cm³/mol. The Hall–Kier alpha value is -2.55. The summed E-state index contributed by atoms with van der Waals surface area (Å²) < 4.78 is 6.08. The van der Waals surface area contributed by atoms with Crippen molar-refractivity contribution in [2.24, 2.45) is 51.8 Å². The number of esters is 1. The second-order valence-corrected chi connectivity index (χ2v) is 19.3. The molecule has 0 heterocycles. The number of hydrogen-bond acceptors (Lipinski definition) is 7. The molecule has 5 aliphatic carbocycles. The SMILES string of the molecule is C.CC(C)C1=C2C3CCC4C(C)(CCC5C(C)C(OC(=O)CC(C)(C)C=O)CCC54C)C3CCC2(NC(=O)C(C)(C)NC(=O)CN(C)C)CC1=O. The molecule has 0 aromatic rings. The van der Waals surface area contributed by atoms with E-state index in [0.717, 1.165) is 63.2 Å². The lowest BCUT2D eigenvalue weighted by molar-refractivity contribution is -0.190. The monoisotopic (exact) mass is 712 g/mol. The number of ether oxygens (including phenoxy) is 1. The third-order valence-corrected chi connectivity index (χ3v) is 14.2. The predicted octanol–water partition coefficient (Wildman–Crippen LogP) is 6.68. The molecule has 2 N–H and O–H groups in total. The number of carbonyl (C=O) groups is 5. The molecule has 0 saturated heterocycles. The molecule has 5 aliphatic rings. The van der Waals surface area contributed by atoms with Crippen LogP contribution in [0.1, 0.15) is 134 Å². The molecule has 0 aliphatic heterocycles. The third kappa shape index (κ3) is 7.35. The van der Waals surface area contributed by atoms with E-state index in [1.807, 2.05) is 14.1 Å². The van der Waals surface area contributed by atoms with Crippen LogP contribution >= 0.6 is 0 Å². The van der Waals surface area contributed by atoms with Crippen LogP contribution in [0.3, 0.4) is 0 Å². The Bertz CT molecular complexity index is 1430. The first kappa shape index (κ1) is 41.2. The second-order valence-electron chi connectivity index (χ2n) is 19.3. The van der Waals surface area contributed by atoms with Gasteiger partial charge in [0.2, 0.25) is 11.8 Å². The maximum Gasteiger partial charge on any atom is 0.307 e. The number of aldehydes is 1. The Balaban J connectivity index is 0.00000583. The Morgan fingerprint density at radius 1 is 0.961 bits per heavy atom. The minimum Gasteiger partial charge on any atom is -0.462 e. The van der Waals surface area contributed by atoms with Crippen LogP contribution in [0, 0.1) is 51.8 Å². The highest BCUT2D eigenvalue weighted by molar-refractivity contribution is 6.03. The Morgan fingerprint density at radius 3 is 2.18 bits per heavy atom. The minimum absolute atomic E-state index is 0. The van der Waals surface area contributed by atoms with Crippen molar-refractivity contribution in [3.63, 3.8) is 0 Å². The van der Waals surface area contributed by atoms with Gasteiger partial charge in [0.1, 0.15) is 17.9 Å². The lowest BCUT2D eigenvalue weighted by atomic mass is 9.38. The molecule has 0 radical (unpaired) electrons. The van der Waals surface area contributed by atoms with Gasteiger partial charge in [-0.3, -0.25) is 19.2 Å². The van der Waals surface area contributed by atoms with Crippen LogP contribution in [-0.4, -0.2) is 72.6 Å². The normalized spacial score (nSPS) is 36.3. The summed E-state index contributed by atoms with van der Waals surface area (Å²) in [6.45, 7) is 18.8. The second kappa shape index (κ2) is 14.4. The standard InChI is InChI=1S/C41H65N3O6.CH4/c1-24(2)34-29(46)20-41(43-36(49)38(6,7)42-32(47)22-44(10)11)19-15-28-26(35(34)41)12-13-31-39(8)18-16-30(50-33(48)21-37(4,5)23-45)25(3)27(39)14-17-40(28,31)9;/h23-28,30-31H,12-22H2,1-11H3,(H,42,47)(H,43,49);1H4. The number of hydrogen-bond donors (Lipinski definition) is 2. The van der Waals surface area contributed by atoms with Crippen molar-refractivity contribution >= 4 is 29.9 Å². The van der Waals surface area contributed by atoms with Crippen molar-refractivity contribution in [3.05, 3.63) is 11.1 Å². The largest absolute Gasteiger partial charge is 0.462 e. The van der Waals surface area contributed by atoms with E-state index >= 15 is 0 Å². The number of amides is 2. The molecule has 5 rings (SSSR count). The van der Waals surface area contributed by atoms with Crippen molar-refractivity contribution in [1.29, 1.82) is 0 Å². The summed E-state index contributed by atoms with van der Waals surface area (Å²) in [5, 5.41) is 6.34. The van der Waals surface area contributed by atoms with Gasteiger partial charge in [-0.2, -0.15) is 0 Å². The van der Waals surface area contributed by atoms with Crippen LogP contribution in [0.5, 0.6) is 0 Å². The Morgan fingerprint density at radius 2 is 1.57 bits per heavy atom. The summed E-state index contributed by atoms with van der Waals surface area (Å²) in [5.74, 6) is 1.37. The fourth-order valence-electron chi connectivity index (χ4n) is 11.9. The molecular formula is C42H69N3O6. The summed E-state index contributed by atoms with van der Waals surface area (Å²) in [7, 11) is 3.65. The van der Waals surface area contributed by atoms with E-state index in [1.54, 1.807) is 32.6 Å². The van der Waals surface area contributed by atoms with Crippen LogP contribution < -0.4 is 10.6 Å². The van der Waals surface area contributed by atoms with E-state index in [2.05, 4.69) is 45.3 Å². The van der Waals surface area contributed by atoms with E-state index in [1.165, 1.54) is 5.57 Å². The quantitative estimate of drug-likeness (QED) is 0.192. The fourth-order valence-corrected chi connectivity index (χ4v) is 11.9. The van der Waals surface area contributed by atoms with Crippen molar-refractivity contribution in [2.45, 2.75) is 151 Å². The Kier molecular flexibility index (Phi) is 11.6. The molecule has 9 atom stereocenters. The Labute approximate surface area is 308 Å². The molecular weight excluding hydrogens is 642 g/mol. The number of nitrogens with zero attached hydrogens (tertiary/aromatic N) is 1. The molecule has 0 aromatic carbocycles. The van der Waals surface area contributed by atoms with Crippen LogP contribution in [-0.2, 0) is 28.7 Å². The average molecular weight is 712 g/mol. The number of ketones is 1. The molecule has 9 unspecified atom stereocenters. The van der Waals surface area contributed by atoms with Crippen LogP contribution in [0.2, 0.25) is 0 Å². The minimum atomic E-state index is -1.13. The first-order valence-corrected chi connectivity index (χ1v) is 19.3. The van der Waals surface area contributed by atoms with E-state index in [-0.39, 0.29) is 78.6 Å². The van der Waals surface area contributed by atoms with Crippen molar-refractivity contribution in [1.82, 2.24) is 15.5 Å². The smallest absolute Gasteiger partial charge is 0.307 e. The zero-order chi connectivity index (χ0) is 37.2. The number of nitrogens with one attached hydrogen (secondary N) is 2. The van der Waals surface area contributed by atoms with Gasteiger partial charge in [-0.15, -0.1) is 0 Å². The molecule has 0 aromatic heterocycles. The summed E-state index contributed by atoms with van der Waals surface area (Å²) in [6.07, 6.45) is 8.93. The van der Waals surface area contributed by atoms with Gasteiger partial charge in [0.25, 0.3) is 0 Å². The maximum atomic E-state index is 14.0. The van der Waals surface area contributed by atoms with Crippen molar-refractivity contribution < 1.29 is 28.7 Å². The van der Waals surface area contributed by atoms with E-state index in [4.69, 9.17) is 4.74 Å². The molecule has 288 valence electrons. The van der Waals surface area contributed by atoms with Gasteiger partial charge in [0.05, 0.1) is 18.5 Å². The lowest BCUT2D eigenvalue weighted by Crippen LogP contribution is -2.65. The van der Waals surface area contributed by atoms with Gasteiger partial charge in [-0.05, 0) is 137 Å². The maximum absolute atomic E-state index is 14.0. The van der Waals surface area contributed by atoms with Crippen LogP contribution in [0.15, 0.2) is 11.1 Å². The summed E-state index contributed by atoms with van der Waals surface area (Å²) in [6, 6.07) is 0. The van der Waals surface area contributed by atoms with Crippen molar-refractivity contribution in [3.8, 4) is 0 Å². The number of fused-ring (bicyclic) bond motifs is 7. The lowest BCUT2D eigenvalue weighted by Gasteiger charge is -2.67. The molecule has 0 spiro atoms. The summed E-state index contributed by atoms with van der Waals surface area (Å²) in [5.41, 5.74) is -0.225. The number of carbonyl (C=O) groups excluding carboxylic acids is 5. The fraction of sp³-hybridized carbons (Fsp3) is 0.833. The molecule has 0 bridgehead atoms. The van der Waals surface area contributed by atoms with Gasteiger partial charge in [-0.25, -0.2) is 0 Å². The van der Waals surface area contributed by atoms with Gasteiger partial charge >= 0.3 is 5.97 Å².